The number of carbonyl (C=O) groups is 1. The molecule has 3 atom stereocenters. The number of ketones is 1. The number of carbonyl (C=O) groups excluding carboxylic acids is 1. The summed E-state index contributed by atoms with van der Waals surface area (Å²) in [6.07, 6.45) is 7.06. The van der Waals surface area contributed by atoms with Crippen molar-refractivity contribution < 1.29 is 4.79 Å². The van der Waals surface area contributed by atoms with Gasteiger partial charge in [-0.05, 0) is 49.5 Å². The number of aryl methyl sites for hydroxylation is 2. The number of fused-ring (bicyclic) bond motifs is 2. The lowest BCUT2D eigenvalue weighted by atomic mass is 9.85. The van der Waals surface area contributed by atoms with Crippen LogP contribution in [0.1, 0.15) is 55.2 Å². The fraction of sp³-hybridized carbons (Fsp3) is 0.733. The first-order valence-corrected chi connectivity index (χ1v) is 7.23. The average molecular weight is 246 g/mol. The van der Waals surface area contributed by atoms with E-state index in [1.54, 1.807) is 4.68 Å². The van der Waals surface area contributed by atoms with Gasteiger partial charge in [0.2, 0.25) is 0 Å². The monoisotopic (exact) mass is 246 g/mol. The Bertz CT molecular complexity index is 463. The summed E-state index contributed by atoms with van der Waals surface area (Å²) in [6, 6.07) is 1.97. The van der Waals surface area contributed by atoms with Gasteiger partial charge < -0.3 is 0 Å². The molecule has 3 nitrogen and oxygen atoms in total. The molecule has 1 aromatic heterocycles. The van der Waals surface area contributed by atoms with Crippen molar-refractivity contribution in [2.75, 3.05) is 0 Å². The van der Waals surface area contributed by atoms with Gasteiger partial charge in [0.05, 0.1) is 5.69 Å². The SMILES string of the molecule is CCc1cc(C(=O)CC2CC3CCC2C3)n(C)n1. The summed E-state index contributed by atoms with van der Waals surface area (Å²) < 4.78 is 1.76. The average Bonchev–Trinajstić information content (AvgIpc) is 3.03. The van der Waals surface area contributed by atoms with Crippen LogP contribution in [-0.4, -0.2) is 15.6 Å². The summed E-state index contributed by atoms with van der Waals surface area (Å²) in [5.41, 5.74) is 1.82. The third-order valence-electron chi connectivity index (χ3n) is 4.91. The Hall–Kier alpha value is -1.12. The van der Waals surface area contributed by atoms with Gasteiger partial charge in [-0.25, -0.2) is 0 Å². The van der Waals surface area contributed by atoms with Gasteiger partial charge in [-0.15, -0.1) is 0 Å². The van der Waals surface area contributed by atoms with E-state index in [1.807, 2.05) is 13.1 Å². The molecule has 2 saturated carbocycles. The van der Waals surface area contributed by atoms with Crippen molar-refractivity contribution in [3.05, 3.63) is 17.5 Å². The predicted octanol–water partition coefficient (Wildman–Crippen LogP) is 2.99. The van der Waals surface area contributed by atoms with E-state index in [2.05, 4.69) is 12.0 Å². The molecule has 2 fully saturated rings. The summed E-state index contributed by atoms with van der Waals surface area (Å²) >= 11 is 0. The highest BCUT2D eigenvalue weighted by Gasteiger charge is 2.40. The van der Waals surface area contributed by atoms with E-state index in [0.717, 1.165) is 36.1 Å². The Morgan fingerprint density at radius 3 is 2.83 bits per heavy atom. The molecule has 0 aromatic carbocycles. The zero-order chi connectivity index (χ0) is 12.7. The van der Waals surface area contributed by atoms with Gasteiger partial charge in [0, 0.05) is 13.5 Å². The van der Waals surface area contributed by atoms with Gasteiger partial charge in [0.25, 0.3) is 0 Å². The minimum absolute atomic E-state index is 0.294. The Morgan fingerprint density at radius 1 is 1.44 bits per heavy atom. The number of nitrogens with zero attached hydrogens (tertiary/aromatic N) is 2. The first-order chi connectivity index (χ1) is 8.67. The number of hydrogen-bond acceptors (Lipinski definition) is 2. The van der Waals surface area contributed by atoms with Crippen LogP contribution >= 0.6 is 0 Å². The topological polar surface area (TPSA) is 34.9 Å². The normalized spacial score (nSPS) is 30.0. The summed E-state index contributed by atoms with van der Waals surface area (Å²) in [5, 5.41) is 4.37. The first-order valence-electron chi connectivity index (χ1n) is 7.23. The maximum atomic E-state index is 12.4. The highest BCUT2D eigenvalue weighted by atomic mass is 16.1. The van der Waals surface area contributed by atoms with Crippen LogP contribution in [-0.2, 0) is 13.5 Å². The number of aromatic nitrogens is 2. The third-order valence-corrected chi connectivity index (χ3v) is 4.91. The van der Waals surface area contributed by atoms with Crippen LogP contribution in [0.2, 0.25) is 0 Å². The Kier molecular flexibility index (Phi) is 3.00. The van der Waals surface area contributed by atoms with Crippen LogP contribution in [0.15, 0.2) is 6.07 Å². The molecule has 3 heteroatoms. The fourth-order valence-electron chi connectivity index (χ4n) is 3.93. The van der Waals surface area contributed by atoms with Crippen molar-refractivity contribution in [2.45, 2.75) is 45.4 Å². The number of rotatable bonds is 4. The molecular weight excluding hydrogens is 224 g/mol. The molecule has 1 aromatic rings. The number of hydrogen-bond donors (Lipinski definition) is 0. The van der Waals surface area contributed by atoms with E-state index in [1.165, 1.54) is 25.7 Å². The van der Waals surface area contributed by atoms with E-state index >= 15 is 0 Å². The van der Waals surface area contributed by atoms with Crippen LogP contribution in [0.25, 0.3) is 0 Å². The van der Waals surface area contributed by atoms with Crippen molar-refractivity contribution in [2.24, 2.45) is 24.8 Å². The lowest BCUT2D eigenvalue weighted by molar-refractivity contribution is 0.0935. The van der Waals surface area contributed by atoms with E-state index in [-0.39, 0.29) is 0 Å². The third kappa shape index (κ3) is 2.00. The largest absolute Gasteiger partial charge is 0.292 e. The molecule has 98 valence electrons. The second-order valence-electron chi connectivity index (χ2n) is 6.06. The van der Waals surface area contributed by atoms with Gasteiger partial charge >= 0.3 is 0 Å². The molecule has 0 aliphatic heterocycles. The molecule has 2 aliphatic rings. The van der Waals surface area contributed by atoms with Crippen molar-refractivity contribution in [1.82, 2.24) is 9.78 Å². The van der Waals surface area contributed by atoms with Crippen molar-refractivity contribution in [1.29, 1.82) is 0 Å². The van der Waals surface area contributed by atoms with Crippen LogP contribution in [0.3, 0.4) is 0 Å². The zero-order valence-electron chi connectivity index (χ0n) is 11.4. The van der Waals surface area contributed by atoms with Crippen LogP contribution in [0, 0.1) is 17.8 Å². The molecule has 0 saturated heterocycles. The standard InChI is InChI=1S/C15H22N2O/c1-3-13-9-14(17(2)16-13)15(18)8-12-7-10-4-5-11(12)6-10/h9-12H,3-8H2,1-2H3. The summed E-state index contributed by atoms with van der Waals surface area (Å²) in [7, 11) is 1.88. The second-order valence-corrected chi connectivity index (χ2v) is 6.06. The van der Waals surface area contributed by atoms with E-state index in [4.69, 9.17) is 0 Å². The highest BCUT2D eigenvalue weighted by molar-refractivity contribution is 5.94. The quantitative estimate of drug-likeness (QED) is 0.765. The molecule has 3 unspecified atom stereocenters. The minimum atomic E-state index is 0.294. The summed E-state index contributed by atoms with van der Waals surface area (Å²) in [4.78, 5) is 12.4. The molecule has 0 N–H and O–H groups in total. The predicted molar refractivity (Wildman–Crippen MR) is 70.5 cm³/mol. The lowest BCUT2D eigenvalue weighted by Gasteiger charge is -2.20. The van der Waals surface area contributed by atoms with E-state index in [9.17, 15) is 4.79 Å². The van der Waals surface area contributed by atoms with Gasteiger partial charge in [-0.2, -0.15) is 5.10 Å². The molecule has 2 aliphatic carbocycles. The molecule has 18 heavy (non-hydrogen) atoms. The van der Waals surface area contributed by atoms with Gasteiger partial charge in [0.15, 0.2) is 5.78 Å². The van der Waals surface area contributed by atoms with Crippen molar-refractivity contribution >= 4 is 5.78 Å². The van der Waals surface area contributed by atoms with Crippen molar-refractivity contribution in [3.8, 4) is 0 Å². The van der Waals surface area contributed by atoms with Crippen LogP contribution in [0.5, 0.6) is 0 Å². The van der Waals surface area contributed by atoms with E-state index in [0.29, 0.717) is 11.7 Å². The molecular formula is C15H22N2O. The van der Waals surface area contributed by atoms with Gasteiger partial charge in [0.1, 0.15) is 5.69 Å². The molecule has 0 spiro atoms. The van der Waals surface area contributed by atoms with Crippen LogP contribution < -0.4 is 0 Å². The maximum absolute atomic E-state index is 12.4. The smallest absolute Gasteiger partial charge is 0.181 e. The molecule has 0 radical (unpaired) electrons. The zero-order valence-corrected chi connectivity index (χ0v) is 11.4. The lowest BCUT2D eigenvalue weighted by Crippen LogP contribution is -2.17. The van der Waals surface area contributed by atoms with Crippen molar-refractivity contribution in [3.63, 3.8) is 0 Å². The van der Waals surface area contributed by atoms with Gasteiger partial charge in [-0.3, -0.25) is 9.48 Å². The molecule has 2 bridgehead atoms. The maximum Gasteiger partial charge on any atom is 0.181 e. The van der Waals surface area contributed by atoms with E-state index < -0.39 is 0 Å². The molecule has 3 rings (SSSR count). The highest BCUT2D eigenvalue weighted by Crippen LogP contribution is 2.49. The number of Topliss-reactive ketones (excluding diaryl/α,β-unsaturated/α-hetero) is 1. The summed E-state index contributed by atoms with van der Waals surface area (Å²) in [6.45, 7) is 2.08. The van der Waals surface area contributed by atoms with Crippen LogP contribution in [0.4, 0.5) is 0 Å². The molecule has 1 heterocycles. The first kappa shape index (κ1) is 11.9. The minimum Gasteiger partial charge on any atom is -0.292 e. The second kappa shape index (κ2) is 4.52. The fourth-order valence-corrected chi connectivity index (χ4v) is 3.93. The molecule has 0 amide bonds. The van der Waals surface area contributed by atoms with Gasteiger partial charge in [-0.1, -0.05) is 13.3 Å². The Balaban J connectivity index is 1.69. The Morgan fingerprint density at radius 2 is 2.28 bits per heavy atom. The Labute approximate surface area is 109 Å². The summed E-state index contributed by atoms with van der Waals surface area (Å²) in [5.74, 6) is 2.70.